The molecule has 28 heavy (non-hydrogen) atoms. The third kappa shape index (κ3) is 4.03. The van der Waals surface area contributed by atoms with Crippen molar-refractivity contribution in [3.63, 3.8) is 0 Å². The number of aromatic amines is 1. The first-order valence-corrected chi connectivity index (χ1v) is 10.9. The Kier molecular flexibility index (Phi) is 5.36. The average molecular weight is 386 g/mol. The van der Waals surface area contributed by atoms with Crippen LogP contribution in [0, 0.1) is 19.3 Å². The molecule has 0 amide bonds. The molecule has 0 unspecified atom stereocenters. The average Bonchev–Trinajstić information content (AvgIpc) is 3.26. The van der Waals surface area contributed by atoms with Gasteiger partial charge in [-0.05, 0) is 58.2 Å². The van der Waals surface area contributed by atoms with E-state index in [1.54, 1.807) is 4.52 Å². The predicted molar refractivity (Wildman–Crippen MR) is 113 cm³/mol. The topological polar surface area (TPSA) is 56.6 Å². The van der Waals surface area contributed by atoms with Gasteiger partial charge in [-0.15, -0.1) is 0 Å². The van der Waals surface area contributed by atoms with Crippen molar-refractivity contribution in [3.05, 3.63) is 33.4 Å². The maximum atomic E-state index is 12.5. The van der Waals surface area contributed by atoms with Crippen molar-refractivity contribution in [3.8, 4) is 0 Å². The summed E-state index contributed by atoms with van der Waals surface area (Å²) in [6.07, 6.45) is 5.24. The molecule has 2 aromatic rings. The van der Waals surface area contributed by atoms with Gasteiger partial charge in [-0.25, -0.2) is 9.50 Å². The van der Waals surface area contributed by atoms with Crippen LogP contribution in [-0.4, -0.2) is 63.7 Å². The van der Waals surface area contributed by atoms with Crippen molar-refractivity contribution in [2.45, 2.75) is 59.3 Å². The number of nitrogens with one attached hydrogen (secondary N) is 1. The lowest BCUT2D eigenvalue weighted by Gasteiger charge is -2.37. The zero-order valence-corrected chi connectivity index (χ0v) is 17.9. The zero-order chi connectivity index (χ0) is 19.9. The summed E-state index contributed by atoms with van der Waals surface area (Å²) in [6.45, 7) is 15.6. The minimum atomic E-state index is 0.0197. The van der Waals surface area contributed by atoms with Gasteiger partial charge in [0.15, 0.2) is 5.65 Å². The fraction of sp³-hybridized carbons (Fsp3) is 0.727. The molecule has 4 heterocycles. The summed E-state index contributed by atoms with van der Waals surface area (Å²) in [5.74, 6) is 0.451. The predicted octanol–water partition coefficient (Wildman–Crippen LogP) is 2.94. The third-order valence-electron chi connectivity index (χ3n) is 6.57. The monoisotopic (exact) mass is 385 g/mol. The Balaban J connectivity index is 1.42. The van der Waals surface area contributed by atoms with Gasteiger partial charge in [-0.1, -0.05) is 20.3 Å². The molecule has 0 spiro atoms. The Hall–Kier alpha value is -1.66. The summed E-state index contributed by atoms with van der Waals surface area (Å²) in [5.41, 5.74) is 3.75. The lowest BCUT2D eigenvalue weighted by atomic mass is 9.91. The Bertz CT molecular complexity index is 890. The van der Waals surface area contributed by atoms with E-state index >= 15 is 0 Å². The SMILES string of the molecule is Cc1nc2cc([C@@H]3CCN(CC(C)(C)CN4CCCCC4)C3)[nH]n2c(=O)c1C. The quantitative estimate of drug-likeness (QED) is 0.860. The maximum absolute atomic E-state index is 12.5. The molecule has 6 nitrogen and oxygen atoms in total. The molecule has 2 aliphatic rings. The van der Waals surface area contributed by atoms with Crippen LogP contribution in [0.5, 0.6) is 0 Å². The van der Waals surface area contributed by atoms with Gasteiger partial charge in [-0.3, -0.25) is 9.89 Å². The van der Waals surface area contributed by atoms with Crippen molar-refractivity contribution in [2.24, 2.45) is 5.41 Å². The molecular formula is C22H35N5O. The standard InChI is InChI=1S/C22H35N5O/c1-16-17(2)23-20-12-19(24-27(20)21(16)28)18-8-11-26(13-18)15-22(3,4)14-25-9-6-5-7-10-25/h12,18,24H,5-11,13-15H2,1-4H3/t18-/m1/s1. The van der Waals surface area contributed by atoms with E-state index in [0.29, 0.717) is 11.3 Å². The molecule has 0 aliphatic carbocycles. The van der Waals surface area contributed by atoms with Gasteiger partial charge in [0.2, 0.25) is 0 Å². The van der Waals surface area contributed by atoms with Crippen molar-refractivity contribution >= 4 is 5.65 Å². The van der Waals surface area contributed by atoms with E-state index in [0.717, 1.165) is 48.7 Å². The maximum Gasteiger partial charge on any atom is 0.275 e. The molecule has 6 heteroatoms. The third-order valence-corrected chi connectivity index (χ3v) is 6.57. The Morgan fingerprint density at radius 1 is 1.11 bits per heavy atom. The van der Waals surface area contributed by atoms with Crippen LogP contribution in [0.4, 0.5) is 0 Å². The molecule has 2 aliphatic heterocycles. The molecule has 2 saturated heterocycles. The lowest BCUT2D eigenvalue weighted by molar-refractivity contribution is 0.117. The number of rotatable bonds is 5. The number of H-pyrrole nitrogens is 1. The van der Waals surface area contributed by atoms with Gasteiger partial charge in [0.25, 0.3) is 5.56 Å². The Labute approximate surface area is 167 Å². The molecule has 0 saturated carbocycles. The number of likely N-dealkylation sites (tertiary alicyclic amines) is 2. The van der Waals surface area contributed by atoms with Gasteiger partial charge < -0.3 is 9.80 Å². The first kappa shape index (κ1) is 19.6. The molecule has 0 radical (unpaired) electrons. The van der Waals surface area contributed by atoms with Crippen molar-refractivity contribution in [1.29, 1.82) is 0 Å². The molecule has 154 valence electrons. The van der Waals surface area contributed by atoms with Crippen LogP contribution in [0.15, 0.2) is 10.9 Å². The molecule has 1 atom stereocenters. The fourth-order valence-corrected chi connectivity index (χ4v) is 5.05. The molecule has 0 bridgehead atoms. The van der Waals surface area contributed by atoms with Crippen molar-refractivity contribution < 1.29 is 0 Å². The highest BCUT2D eigenvalue weighted by Crippen LogP contribution is 2.30. The van der Waals surface area contributed by atoms with Crippen LogP contribution in [0.25, 0.3) is 5.65 Å². The van der Waals surface area contributed by atoms with E-state index in [1.165, 1.54) is 38.9 Å². The van der Waals surface area contributed by atoms with Gasteiger partial charge in [0.05, 0.1) is 0 Å². The summed E-state index contributed by atoms with van der Waals surface area (Å²) < 4.78 is 1.61. The summed E-state index contributed by atoms with van der Waals surface area (Å²) in [7, 11) is 0. The number of hydrogen-bond donors (Lipinski definition) is 1. The fourth-order valence-electron chi connectivity index (χ4n) is 5.05. The van der Waals surface area contributed by atoms with Crippen molar-refractivity contribution in [1.82, 2.24) is 24.4 Å². The first-order chi connectivity index (χ1) is 13.3. The van der Waals surface area contributed by atoms with Gasteiger partial charge in [-0.2, -0.15) is 0 Å². The van der Waals surface area contributed by atoms with Gasteiger partial charge in [0, 0.05) is 48.6 Å². The molecule has 2 fully saturated rings. The number of hydrogen-bond acceptors (Lipinski definition) is 4. The van der Waals surface area contributed by atoms with Crippen LogP contribution in [0.2, 0.25) is 0 Å². The van der Waals surface area contributed by atoms with Crippen LogP contribution in [0.1, 0.15) is 62.4 Å². The van der Waals surface area contributed by atoms with Crippen LogP contribution in [0.3, 0.4) is 0 Å². The van der Waals surface area contributed by atoms with Gasteiger partial charge >= 0.3 is 0 Å². The highest BCUT2D eigenvalue weighted by atomic mass is 16.1. The second kappa shape index (κ2) is 7.64. The number of piperidine rings is 1. The lowest BCUT2D eigenvalue weighted by Crippen LogP contribution is -2.43. The van der Waals surface area contributed by atoms with Gasteiger partial charge in [0.1, 0.15) is 0 Å². The highest BCUT2D eigenvalue weighted by Gasteiger charge is 2.31. The van der Waals surface area contributed by atoms with Crippen LogP contribution >= 0.6 is 0 Å². The molecule has 4 rings (SSSR count). The van der Waals surface area contributed by atoms with Crippen LogP contribution < -0.4 is 5.56 Å². The summed E-state index contributed by atoms with van der Waals surface area (Å²) in [5, 5.41) is 3.33. The summed E-state index contributed by atoms with van der Waals surface area (Å²) in [6, 6.07) is 2.07. The van der Waals surface area contributed by atoms with Crippen LogP contribution in [-0.2, 0) is 0 Å². The zero-order valence-electron chi connectivity index (χ0n) is 17.9. The summed E-state index contributed by atoms with van der Waals surface area (Å²) in [4.78, 5) is 22.3. The molecule has 0 aromatic carbocycles. The number of fused-ring (bicyclic) bond motifs is 1. The van der Waals surface area contributed by atoms with E-state index in [1.807, 2.05) is 13.8 Å². The normalized spacial score (nSPS) is 22.4. The largest absolute Gasteiger partial charge is 0.303 e. The van der Waals surface area contributed by atoms with E-state index in [4.69, 9.17) is 0 Å². The Morgan fingerprint density at radius 2 is 1.82 bits per heavy atom. The van der Waals surface area contributed by atoms with E-state index in [9.17, 15) is 4.79 Å². The summed E-state index contributed by atoms with van der Waals surface area (Å²) >= 11 is 0. The molecule has 1 N–H and O–H groups in total. The highest BCUT2D eigenvalue weighted by molar-refractivity contribution is 5.42. The number of aryl methyl sites for hydroxylation is 1. The van der Waals surface area contributed by atoms with E-state index in [-0.39, 0.29) is 5.56 Å². The minimum absolute atomic E-state index is 0.0197. The molecule has 2 aromatic heterocycles. The van der Waals surface area contributed by atoms with E-state index in [2.05, 4.69) is 39.8 Å². The molecular weight excluding hydrogens is 350 g/mol. The van der Waals surface area contributed by atoms with Crippen molar-refractivity contribution in [2.75, 3.05) is 39.3 Å². The second-order valence-corrected chi connectivity index (χ2v) is 9.75. The number of nitrogens with zero attached hydrogens (tertiary/aromatic N) is 4. The Morgan fingerprint density at radius 3 is 2.57 bits per heavy atom. The first-order valence-electron chi connectivity index (χ1n) is 10.9. The second-order valence-electron chi connectivity index (χ2n) is 9.75. The smallest absolute Gasteiger partial charge is 0.275 e. The van der Waals surface area contributed by atoms with E-state index < -0.39 is 0 Å². The minimum Gasteiger partial charge on any atom is -0.303 e. The number of aromatic nitrogens is 3.